The molecule has 0 saturated carbocycles. The third-order valence-corrected chi connectivity index (χ3v) is 15.4. The minimum absolute atomic E-state index is 0.763. The van der Waals surface area contributed by atoms with Crippen molar-refractivity contribution in [2.75, 3.05) is 0 Å². The van der Waals surface area contributed by atoms with Crippen LogP contribution < -0.4 is 21.2 Å². The highest BCUT2D eigenvalue weighted by molar-refractivity contribution is 7.78. The Morgan fingerprint density at radius 2 is 0.562 bits per heavy atom. The Balaban J connectivity index is 1.47. The van der Waals surface area contributed by atoms with E-state index in [1.54, 1.807) is 0 Å². The van der Waals surface area contributed by atoms with Gasteiger partial charge in [-0.15, -0.1) is 0 Å². The minimum atomic E-state index is -3.42. The summed E-state index contributed by atoms with van der Waals surface area (Å²) in [4.78, 5) is 0. The average molecular weight is 657 g/mol. The number of nitrogens with zero attached hydrogens (tertiary/aromatic N) is 2. The molecule has 0 unspecified atom stereocenters. The third kappa shape index (κ3) is 4.10. The molecule has 0 atom stereocenters. The van der Waals surface area contributed by atoms with E-state index in [4.69, 9.17) is 0 Å². The molecule has 6 heteroatoms. The van der Waals surface area contributed by atoms with Gasteiger partial charge in [0.1, 0.15) is 0 Å². The molecule has 2 heterocycles. The molecule has 9 rings (SSSR count). The standard InChI is InChI=1S/C42H30N2O2P2/c45-47(31-17-5-1-6-18-31,32-19-7-2-8-20-32)43-39-27-15-13-25-35(39)37-30-42-38(29-41(37)43)36-26-14-16-28-40(36)44(42)48(46,33-21-9-3-10-22-33)34-23-11-4-12-24-34/h1-30H. The van der Waals surface area contributed by atoms with E-state index < -0.39 is 14.6 Å². The molecule has 9 aromatic rings. The number of benzene rings is 7. The van der Waals surface area contributed by atoms with Gasteiger partial charge in [0.25, 0.3) is 0 Å². The number of hydrogen-bond donors (Lipinski definition) is 0. The first-order valence-corrected chi connectivity index (χ1v) is 19.3. The van der Waals surface area contributed by atoms with Crippen LogP contribution in [-0.4, -0.2) is 8.68 Å². The van der Waals surface area contributed by atoms with Gasteiger partial charge in [-0.2, -0.15) is 0 Å². The van der Waals surface area contributed by atoms with Crippen LogP contribution in [0.3, 0.4) is 0 Å². The second kappa shape index (κ2) is 11.1. The topological polar surface area (TPSA) is 44.0 Å². The summed E-state index contributed by atoms with van der Waals surface area (Å²) in [5.41, 5.74) is 3.52. The molecule has 0 saturated heterocycles. The predicted molar refractivity (Wildman–Crippen MR) is 203 cm³/mol. The average Bonchev–Trinajstić information content (AvgIpc) is 3.67. The van der Waals surface area contributed by atoms with Gasteiger partial charge in [-0.1, -0.05) is 109 Å². The zero-order valence-corrected chi connectivity index (χ0v) is 27.7. The highest BCUT2D eigenvalue weighted by Gasteiger charge is 2.36. The van der Waals surface area contributed by atoms with Gasteiger partial charge in [-0.25, -0.2) is 0 Å². The Bertz CT molecular complexity index is 2440. The highest BCUT2D eigenvalue weighted by Crippen LogP contribution is 2.54. The molecule has 0 bridgehead atoms. The molecule has 0 N–H and O–H groups in total. The SMILES string of the molecule is O=P(c1ccccc1)(c1ccccc1)n1c2ccccc2c2cc3c(cc21)c1ccccc1n3P(=O)(c1ccccc1)c1ccccc1. The lowest BCUT2D eigenvalue weighted by Crippen LogP contribution is -2.21. The van der Waals surface area contributed by atoms with Gasteiger partial charge < -0.3 is 0 Å². The van der Waals surface area contributed by atoms with E-state index in [0.717, 1.165) is 64.8 Å². The zero-order valence-electron chi connectivity index (χ0n) is 25.9. The molecule has 0 radical (unpaired) electrons. The Labute approximate surface area is 278 Å². The van der Waals surface area contributed by atoms with Gasteiger partial charge in [0.15, 0.2) is 0 Å². The second-order valence-corrected chi connectivity index (χ2v) is 17.2. The van der Waals surface area contributed by atoms with Crippen molar-refractivity contribution in [2.24, 2.45) is 0 Å². The van der Waals surface area contributed by atoms with E-state index in [1.165, 1.54) is 0 Å². The van der Waals surface area contributed by atoms with Crippen molar-refractivity contribution in [1.82, 2.24) is 8.68 Å². The van der Waals surface area contributed by atoms with Crippen molar-refractivity contribution in [3.05, 3.63) is 182 Å². The van der Waals surface area contributed by atoms with Crippen molar-refractivity contribution < 1.29 is 9.13 Å². The number of para-hydroxylation sites is 2. The lowest BCUT2D eigenvalue weighted by atomic mass is 10.1. The maximum absolute atomic E-state index is 16.0. The predicted octanol–water partition coefficient (Wildman–Crippen LogP) is 9.46. The van der Waals surface area contributed by atoms with Gasteiger partial charge in [0.2, 0.25) is 14.6 Å². The summed E-state index contributed by atoms with van der Waals surface area (Å²) in [7, 11) is -6.85. The van der Waals surface area contributed by atoms with E-state index in [1.807, 2.05) is 146 Å². The van der Waals surface area contributed by atoms with Crippen molar-refractivity contribution in [1.29, 1.82) is 0 Å². The van der Waals surface area contributed by atoms with Crippen LogP contribution >= 0.6 is 14.6 Å². The van der Waals surface area contributed by atoms with Gasteiger partial charge in [-0.3, -0.25) is 17.8 Å². The zero-order chi connectivity index (χ0) is 32.3. The largest absolute Gasteiger partial charge is 0.290 e. The molecule has 0 amide bonds. The second-order valence-electron chi connectivity index (χ2n) is 12.0. The van der Waals surface area contributed by atoms with E-state index in [-0.39, 0.29) is 0 Å². The molecule has 0 spiro atoms. The first kappa shape index (κ1) is 28.8. The number of rotatable bonds is 6. The first-order valence-electron chi connectivity index (χ1n) is 16.0. The summed E-state index contributed by atoms with van der Waals surface area (Å²) in [5, 5.41) is 6.96. The quantitative estimate of drug-likeness (QED) is 0.167. The smallest absolute Gasteiger partial charge is 0.234 e. The Morgan fingerprint density at radius 3 is 0.875 bits per heavy atom. The van der Waals surface area contributed by atoms with Crippen LogP contribution in [0, 0.1) is 0 Å². The molecule has 230 valence electrons. The van der Waals surface area contributed by atoms with Gasteiger partial charge in [-0.05, 0) is 72.8 Å². The normalized spacial score (nSPS) is 12.3. The summed E-state index contributed by atoms with van der Waals surface area (Å²) in [6.45, 7) is 0. The molecule has 0 fully saturated rings. The van der Waals surface area contributed by atoms with E-state index in [9.17, 15) is 0 Å². The van der Waals surface area contributed by atoms with Crippen molar-refractivity contribution >= 4 is 79.4 Å². The molecular formula is C42H30N2O2P2. The van der Waals surface area contributed by atoms with Gasteiger partial charge >= 0.3 is 0 Å². The number of aromatic nitrogens is 2. The van der Waals surface area contributed by atoms with Crippen LogP contribution in [0.15, 0.2) is 182 Å². The van der Waals surface area contributed by atoms with E-state index in [0.29, 0.717) is 0 Å². The highest BCUT2D eigenvalue weighted by atomic mass is 31.2. The molecule has 2 aromatic heterocycles. The molecule has 4 nitrogen and oxygen atoms in total. The molecule has 7 aromatic carbocycles. The summed E-state index contributed by atoms with van der Waals surface area (Å²) in [6, 6.07) is 59.9. The van der Waals surface area contributed by atoms with Crippen LogP contribution in [0.4, 0.5) is 0 Å². The van der Waals surface area contributed by atoms with Crippen molar-refractivity contribution in [3.63, 3.8) is 0 Å². The third-order valence-electron chi connectivity index (χ3n) is 9.40. The number of hydrogen-bond acceptors (Lipinski definition) is 2. The Kier molecular flexibility index (Phi) is 6.66. The van der Waals surface area contributed by atoms with Gasteiger partial charge in [0.05, 0.1) is 22.1 Å². The monoisotopic (exact) mass is 656 g/mol. The van der Waals surface area contributed by atoms with Crippen LogP contribution in [0.5, 0.6) is 0 Å². The molecule has 48 heavy (non-hydrogen) atoms. The number of fused-ring (bicyclic) bond motifs is 6. The fraction of sp³-hybridized carbons (Fsp3) is 0. The lowest BCUT2D eigenvalue weighted by molar-refractivity contribution is 0.582. The fourth-order valence-electron chi connectivity index (χ4n) is 7.28. The fourth-order valence-corrected chi connectivity index (χ4v) is 13.0. The summed E-state index contributed by atoms with van der Waals surface area (Å²) in [5.74, 6) is 0. The van der Waals surface area contributed by atoms with Crippen molar-refractivity contribution in [3.8, 4) is 0 Å². The molecule has 0 aliphatic heterocycles. The lowest BCUT2D eigenvalue weighted by Gasteiger charge is -2.24. The molecular weight excluding hydrogens is 626 g/mol. The van der Waals surface area contributed by atoms with E-state index in [2.05, 4.69) is 45.1 Å². The first-order chi connectivity index (χ1) is 23.6. The van der Waals surface area contributed by atoms with Gasteiger partial charge in [0, 0.05) is 42.8 Å². The Morgan fingerprint density at radius 1 is 0.292 bits per heavy atom. The molecule has 0 aliphatic rings. The minimum Gasteiger partial charge on any atom is -0.290 e. The Hall–Kier alpha value is -5.40. The van der Waals surface area contributed by atoms with Crippen LogP contribution in [0.25, 0.3) is 43.6 Å². The summed E-state index contributed by atoms with van der Waals surface area (Å²) >= 11 is 0. The maximum Gasteiger partial charge on any atom is 0.234 e. The van der Waals surface area contributed by atoms with Crippen molar-refractivity contribution in [2.45, 2.75) is 0 Å². The van der Waals surface area contributed by atoms with Crippen LogP contribution in [0.1, 0.15) is 0 Å². The van der Waals surface area contributed by atoms with Crippen LogP contribution in [0.2, 0.25) is 0 Å². The van der Waals surface area contributed by atoms with E-state index >= 15 is 9.13 Å². The summed E-state index contributed by atoms with van der Waals surface area (Å²) < 4.78 is 36.1. The maximum atomic E-state index is 16.0. The van der Waals surface area contributed by atoms with Crippen LogP contribution in [-0.2, 0) is 9.13 Å². The summed E-state index contributed by atoms with van der Waals surface area (Å²) in [6.07, 6.45) is 0. The molecule has 0 aliphatic carbocycles.